The van der Waals surface area contributed by atoms with Crippen molar-refractivity contribution in [1.29, 1.82) is 5.41 Å². The Morgan fingerprint density at radius 3 is 2.67 bits per heavy atom. The molecule has 0 aliphatic rings. The van der Waals surface area contributed by atoms with E-state index < -0.39 is 11.9 Å². The third kappa shape index (κ3) is 4.83. The lowest BCUT2D eigenvalue weighted by Gasteiger charge is -2.09. The van der Waals surface area contributed by atoms with E-state index in [2.05, 4.69) is 16.0 Å². The molecule has 9 heteroatoms. The molecule has 0 atom stereocenters. The maximum Gasteiger partial charge on any atom is 0.323 e. The lowest BCUT2D eigenvalue weighted by Crippen LogP contribution is -2.29. The second kappa shape index (κ2) is 8.14. The molecule has 0 fully saturated rings. The number of thiophene rings is 1. The highest BCUT2D eigenvalue weighted by molar-refractivity contribution is 7.12. The second-order valence-corrected chi connectivity index (χ2v) is 5.83. The third-order valence-electron chi connectivity index (χ3n) is 2.77. The van der Waals surface area contributed by atoms with Crippen molar-refractivity contribution in [2.75, 3.05) is 10.6 Å². The molecule has 3 amide bonds. The van der Waals surface area contributed by atoms with E-state index in [-0.39, 0.29) is 5.70 Å². The average molecular weight is 364 g/mol. The van der Waals surface area contributed by atoms with E-state index in [4.69, 9.17) is 22.7 Å². The van der Waals surface area contributed by atoms with E-state index in [1.54, 1.807) is 35.7 Å². The molecule has 0 radical (unpaired) electrons. The molecule has 1 heterocycles. The SMILES string of the molecule is N=C/C(=C\Nc1csc(C(N)=O)c1)NC(=O)Nc1ccccc1Cl. The molecular weight excluding hydrogens is 350 g/mol. The maximum absolute atomic E-state index is 11.9. The number of primary amides is 1. The van der Waals surface area contributed by atoms with Gasteiger partial charge in [-0.05, 0) is 18.2 Å². The normalized spacial score (nSPS) is 10.8. The first-order valence-electron chi connectivity index (χ1n) is 6.67. The summed E-state index contributed by atoms with van der Waals surface area (Å²) in [6.45, 7) is 0. The molecule has 0 unspecified atom stereocenters. The Bertz CT molecular complexity index is 803. The molecule has 0 spiro atoms. The number of carbonyl (C=O) groups is 2. The van der Waals surface area contributed by atoms with E-state index in [1.807, 2.05) is 0 Å². The molecule has 6 N–H and O–H groups in total. The number of allylic oxidation sites excluding steroid dienone is 1. The zero-order valence-electron chi connectivity index (χ0n) is 12.3. The average Bonchev–Trinajstić information content (AvgIpc) is 3.03. The van der Waals surface area contributed by atoms with Crippen LogP contribution in [0, 0.1) is 5.41 Å². The summed E-state index contributed by atoms with van der Waals surface area (Å²) < 4.78 is 0. The van der Waals surface area contributed by atoms with Crippen LogP contribution in [0.15, 0.2) is 47.6 Å². The highest BCUT2D eigenvalue weighted by Crippen LogP contribution is 2.20. The zero-order valence-corrected chi connectivity index (χ0v) is 13.9. The summed E-state index contributed by atoms with van der Waals surface area (Å²) in [5.41, 5.74) is 6.47. The highest BCUT2D eigenvalue weighted by atomic mass is 35.5. The molecule has 7 nitrogen and oxygen atoms in total. The molecule has 24 heavy (non-hydrogen) atoms. The Balaban J connectivity index is 1.97. The number of nitrogens with two attached hydrogens (primary N) is 1. The first-order chi connectivity index (χ1) is 11.5. The molecular formula is C15H14ClN5O2S. The van der Waals surface area contributed by atoms with Gasteiger partial charge in [-0.25, -0.2) is 4.79 Å². The molecule has 0 aliphatic carbocycles. The summed E-state index contributed by atoms with van der Waals surface area (Å²) in [7, 11) is 0. The summed E-state index contributed by atoms with van der Waals surface area (Å²) >= 11 is 7.15. The van der Waals surface area contributed by atoms with Crippen LogP contribution < -0.4 is 21.7 Å². The number of benzene rings is 1. The van der Waals surface area contributed by atoms with Crippen molar-refractivity contribution in [3.63, 3.8) is 0 Å². The van der Waals surface area contributed by atoms with Crippen molar-refractivity contribution < 1.29 is 9.59 Å². The van der Waals surface area contributed by atoms with E-state index in [0.29, 0.717) is 21.3 Å². The van der Waals surface area contributed by atoms with Crippen molar-refractivity contribution in [2.24, 2.45) is 5.73 Å². The van der Waals surface area contributed by atoms with Crippen LogP contribution in [0.2, 0.25) is 5.02 Å². The molecule has 2 aromatic rings. The number of para-hydroxylation sites is 1. The third-order valence-corrected chi connectivity index (χ3v) is 4.05. The Morgan fingerprint density at radius 1 is 1.29 bits per heavy atom. The van der Waals surface area contributed by atoms with Gasteiger partial charge >= 0.3 is 6.03 Å². The smallest absolute Gasteiger partial charge is 0.323 e. The van der Waals surface area contributed by atoms with Crippen LogP contribution >= 0.6 is 22.9 Å². The largest absolute Gasteiger partial charge is 0.365 e. The van der Waals surface area contributed by atoms with E-state index in [9.17, 15) is 9.59 Å². The lowest BCUT2D eigenvalue weighted by atomic mass is 10.3. The first kappa shape index (κ1) is 17.5. The predicted molar refractivity (Wildman–Crippen MR) is 96.9 cm³/mol. The second-order valence-electron chi connectivity index (χ2n) is 4.51. The predicted octanol–water partition coefficient (Wildman–Crippen LogP) is 3.22. The molecule has 2 rings (SSSR count). The summed E-state index contributed by atoms with van der Waals surface area (Å²) in [6, 6.07) is 7.84. The van der Waals surface area contributed by atoms with E-state index in [0.717, 1.165) is 6.21 Å². The van der Waals surface area contributed by atoms with Gasteiger partial charge in [0.25, 0.3) is 5.91 Å². The van der Waals surface area contributed by atoms with Gasteiger partial charge in [0.1, 0.15) is 0 Å². The Kier molecular flexibility index (Phi) is 5.94. The van der Waals surface area contributed by atoms with Crippen molar-refractivity contribution in [3.05, 3.63) is 57.5 Å². The van der Waals surface area contributed by atoms with Gasteiger partial charge in [-0.15, -0.1) is 11.3 Å². The van der Waals surface area contributed by atoms with Crippen LogP contribution in [-0.4, -0.2) is 18.2 Å². The molecule has 1 aromatic heterocycles. The van der Waals surface area contributed by atoms with Gasteiger partial charge in [-0.2, -0.15) is 0 Å². The number of halogens is 1. The molecule has 0 aliphatic heterocycles. The minimum Gasteiger partial charge on any atom is -0.365 e. The van der Waals surface area contributed by atoms with E-state index >= 15 is 0 Å². The molecule has 0 saturated carbocycles. The number of anilines is 2. The summed E-state index contributed by atoms with van der Waals surface area (Å²) in [5.74, 6) is -0.512. The number of rotatable bonds is 6. The molecule has 0 bridgehead atoms. The van der Waals surface area contributed by atoms with Gasteiger partial charge in [-0.1, -0.05) is 23.7 Å². The van der Waals surface area contributed by atoms with E-state index in [1.165, 1.54) is 17.5 Å². The zero-order chi connectivity index (χ0) is 17.5. The van der Waals surface area contributed by atoms with Crippen LogP contribution in [0.1, 0.15) is 9.67 Å². The summed E-state index contributed by atoms with van der Waals surface area (Å²) in [5, 5.41) is 17.4. The standard InChI is InChI=1S/C15H14ClN5O2S/c16-11-3-1-2-4-12(11)21-15(23)20-10(6-17)7-19-9-5-13(14(18)22)24-8-9/h1-8,17,19H,(H2,18,22)(H2,20,21,23)/b10-7+,17-6?. The van der Waals surface area contributed by atoms with Crippen molar-refractivity contribution >= 4 is 52.5 Å². The number of amides is 3. The fraction of sp³-hybridized carbons (Fsp3) is 0. The van der Waals surface area contributed by atoms with Crippen molar-refractivity contribution in [3.8, 4) is 0 Å². The van der Waals surface area contributed by atoms with Gasteiger partial charge < -0.3 is 27.1 Å². The Morgan fingerprint density at radius 2 is 2.04 bits per heavy atom. The van der Waals surface area contributed by atoms with Crippen molar-refractivity contribution in [2.45, 2.75) is 0 Å². The van der Waals surface area contributed by atoms with Crippen LogP contribution in [0.3, 0.4) is 0 Å². The summed E-state index contributed by atoms with van der Waals surface area (Å²) in [6.07, 6.45) is 2.40. The van der Waals surface area contributed by atoms with Crippen molar-refractivity contribution in [1.82, 2.24) is 5.32 Å². The van der Waals surface area contributed by atoms with Crippen LogP contribution in [0.4, 0.5) is 16.2 Å². The Hall–Kier alpha value is -2.84. The molecule has 124 valence electrons. The van der Waals surface area contributed by atoms with Gasteiger partial charge in [-0.3, -0.25) is 4.79 Å². The molecule has 0 saturated heterocycles. The maximum atomic E-state index is 11.9. The quantitative estimate of drug-likeness (QED) is 0.506. The van der Waals surface area contributed by atoms with Gasteiger partial charge in [0.2, 0.25) is 0 Å². The highest BCUT2D eigenvalue weighted by Gasteiger charge is 2.07. The monoisotopic (exact) mass is 363 g/mol. The van der Waals surface area contributed by atoms with Gasteiger partial charge in [0.05, 0.1) is 21.3 Å². The first-order valence-corrected chi connectivity index (χ1v) is 7.93. The van der Waals surface area contributed by atoms with Crippen LogP contribution in [0.25, 0.3) is 0 Å². The number of carbonyl (C=O) groups excluding carboxylic acids is 2. The van der Waals surface area contributed by atoms with Crippen LogP contribution in [-0.2, 0) is 0 Å². The molecule has 1 aromatic carbocycles. The fourth-order valence-corrected chi connectivity index (χ4v) is 2.55. The number of hydrogen-bond donors (Lipinski definition) is 5. The number of hydrogen-bond acceptors (Lipinski definition) is 5. The minimum absolute atomic E-state index is 0.214. The number of urea groups is 1. The lowest BCUT2D eigenvalue weighted by molar-refractivity contribution is 0.100. The fourth-order valence-electron chi connectivity index (χ4n) is 1.66. The Labute approximate surface area is 147 Å². The topological polar surface area (TPSA) is 120 Å². The summed E-state index contributed by atoms with van der Waals surface area (Å²) in [4.78, 5) is 23.4. The van der Waals surface area contributed by atoms with Gasteiger partial charge in [0, 0.05) is 23.5 Å². The number of nitrogens with one attached hydrogen (secondary N) is 4. The van der Waals surface area contributed by atoms with Gasteiger partial charge in [0.15, 0.2) is 0 Å². The van der Waals surface area contributed by atoms with Crippen LogP contribution in [0.5, 0.6) is 0 Å². The minimum atomic E-state index is -0.539.